The number of amidine groups is 1. The number of nitrogens with zero attached hydrogens (tertiary/aromatic N) is 2. The van der Waals surface area contributed by atoms with Crippen molar-refractivity contribution in [2.75, 3.05) is 32.8 Å². The van der Waals surface area contributed by atoms with Crippen molar-refractivity contribution < 1.29 is 17.9 Å². The van der Waals surface area contributed by atoms with E-state index in [1.807, 2.05) is 13.8 Å². The van der Waals surface area contributed by atoms with E-state index in [-0.39, 0.29) is 28.6 Å². The van der Waals surface area contributed by atoms with Gasteiger partial charge in [0.1, 0.15) is 11.9 Å². The minimum atomic E-state index is -3.65. The van der Waals surface area contributed by atoms with Crippen molar-refractivity contribution in [1.29, 1.82) is 0 Å². The second-order valence-corrected chi connectivity index (χ2v) is 10.6. The molecule has 3 rings (SSSR count). The highest BCUT2D eigenvalue weighted by atomic mass is 32.2. The van der Waals surface area contributed by atoms with Crippen molar-refractivity contribution in [2.45, 2.75) is 63.9 Å². The summed E-state index contributed by atoms with van der Waals surface area (Å²) in [7, 11) is -3.65. The minimum absolute atomic E-state index is 0.0373. The number of amides is 1. The summed E-state index contributed by atoms with van der Waals surface area (Å²) in [4.78, 5) is 20.6. The number of hydrogen-bond acceptors (Lipinski definition) is 6. The summed E-state index contributed by atoms with van der Waals surface area (Å²) in [5, 5.41) is 3.16. The summed E-state index contributed by atoms with van der Waals surface area (Å²) < 4.78 is 33.0. The fraction of sp³-hybridized carbons (Fsp3) is 0.667. The van der Waals surface area contributed by atoms with Crippen LogP contribution in [0.25, 0.3) is 0 Å². The number of carbonyl (C=O) groups excluding carboxylic acids is 1. The number of sulfonamides is 1. The Kier molecular flexibility index (Phi) is 8.89. The molecular weight excluding hydrogens is 440 g/mol. The molecule has 0 aliphatic carbocycles. The molecule has 0 spiro atoms. The normalized spacial score (nSPS) is 21.9. The van der Waals surface area contributed by atoms with Crippen LogP contribution < -0.4 is 10.0 Å². The van der Waals surface area contributed by atoms with Crippen molar-refractivity contribution in [3.63, 3.8) is 0 Å². The van der Waals surface area contributed by atoms with E-state index in [1.54, 1.807) is 24.3 Å². The van der Waals surface area contributed by atoms with E-state index in [4.69, 9.17) is 4.74 Å². The number of fused-ring (bicyclic) bond motifs is 1. The van der Waals surface area contributed by atoms with Gasteiger partial charge < -0.3 is 10.1 Å². The van der Waals surface area contributed by atoms with E-state index in [0.29, 0.717) is 31.2 Å². The lowest BCUT2D eigenvalue weighted by Gasteiger charge is -2.39. The first-order valence-electron chi connectivity index (χ1n) is 12.1. The molecular formula is C24H38N4O4S. The third kappa shape index (κ3) is 5.94. The van der Waals surface area contributed by atoms with Gasteiger partial charge in [-0.05, 0) is 24.0 Å². The van der Waals surface area contributed by atoms with Crippen molar-refractivity contribution >= 4 is 21.8 Å². The summed E-state index contributed by atoms with van der Waals surface area (Å²) in [6.45, 7) is 12.1. The molecule has 9 heteroatoms. The Morgan fingerprint density at radius 3 is 2.45 bits per heavy atom. The number of aliphatic imine (C=N–C) groups is 1. The molecule has 0 aromatic heterocycles. The number of nitrogens with one attached hydrogen (secondary N) is 2. The van der Waals surface area contributed by atoms with Gasteiger partial charge in [0, 0.05) is 31.2 Å². The predicted molar refractivity (Wildman–Crippen MR) is 130 cm³/mol. The summed E-state index contributed by atoms with van der Waals surface area (Å²) in [5.74, 6) is 0.524. The van der Waals surface area contributed by atoms with Gasteiger partial charge in [-0.1, -0.05) is 59.1 Å². The van der Waals surface area contributed by atoms with E-state index in [9.17, 15) is 13.2 Å². The lowest BCUT2D eigenvalue weighted by Crippen LogP contribution is -2.53. The van der Waals surface area contributed by atoms with Gasteiger partial charge in [0.05, 0.1) is 18.1 Å². The Balaban J connectivity index is 1.80. The molecule has 1 saturated heterocycles. The molecule has 2 aliphatic rings. The molecule has 33 heavy (non-hydrogen) atoms. The average molecular weight is 479 g/mol. The van der Waals surface area contributed by atoms with Crippen molar-refractivity contribution in [1.82, 2.24) is 14.9 Å². The Labute approximate surface area is 198 Å². The third-order valence-corrected chi connectivity index (χ3v) is 8.37. The minimum Gasteiger partial charge on any atom is -0.379 e. The van der Waals surface area contributed by atoms with Crippen LogP contribution in [0.3, 0.4) is 0 Å². The Morgan fingerprint density at radius 2 is 1.82 bits per heavy atom. The quantitative estimate of drug-likeness (QED) is 0.538. The van der Waals surface area contributed by atoms with E-state index in [2.05, 4.69) is 33.8 Å². The molecule has 1 fully saturated rings. The van der Waals surface area contributed by atoms with Crippen LogP contribution in [-0.2, 0) is 19.6 Å². The van der Waals surface area contributed by atoms with E-state index >= 15 is 0 Å². The highest BCUT2D eigenvalue weighted by Crippen LogP contribution is 2.24. The molecule has 0 saturated carbocycles. The van der Waals surface area contributed by atoms with Crippen molar-refractivity contribution in [3.8, 4) is 0 Å². The molecule has 3 atom stereocenters. The number of benzene rings is 1. The average Bonchev–Trinajstić information content (AvgIpc) is 3.10. The molecule has 2 N–H and O–H groups in total. The molecule has 1 aromatic carbocycles. The van der Waals surface area contributed by atoms with E-state index in [1.165, 1.54) is 0 Å². The number of rotatable bonds is 10. The zero-order valence-electron chi connectivity index (χ0n) is 20.2. The first-order chi connectivity index (χ1) is 15.8. The van der Waals surface area contributed by atoms with Crippen LogP contribution in [0.5, 0.6) is 0 Å². The van der Waals surface area contributed by atoms with Gasteiger partial charge in [-0.25, -0.2) is 8.42 Å². The van der Waals surface area contributed by atoms with Gasteiger partial charge in [-0.15, -0.1) is 0 Å². The van der Waals surface area contributed by atoms with Crippen molar-refractivity contribution in [3.05, 3.63) is 29.8 Å². The summed E-state index contributed by atoms with van der Waals surface area (Å²) in [6, 6.07) is 6.30. The zero-order chi connectivity index (χ0) is 24.0. The van der Waals surface area contributed by atoms with Gasteiger partial charge in [0.2, 0.25) is 5.91 Å². The zero-order valence-corrected chi connectivity index (χ0v) is 21.0. The molecule has 184 valence electrons. The smallest absolute Gasteiger partial charge is 0.263 e. The second kappa shape index (κ2) is 11.4. The maximum absolute atomic E-state index is 13.4. The van der Waals surface area contributed by atoms with Crippen LogP contribution in [0.4, 0.5) is 0 Å². The lowest BCUT2D eigenvalue weighted by molar-refractivity contribution is -0.123. The van der Waals surface area contributed by atoms with E-state index in [0.717, 1.165) is 32.4 Å². The summed E-state index contributed by atoms with van der Waals surface area (Å²) in [6.07, 6.45) is 2.84. The van der Waals surface area contributed by atoms with Crippen LogP contribution >= 0.6 is 0 Å². The molecule has 2 aliphatic heterocycles. The SMILES string of the molecule is CCC(CC)C(CNC(=O)[C@@H](N=C1NS(=O)(=O)c2ccccc21)[C@@H](C)CC)N1CCOCC1. The molecule has 0 radical (unpaired) electrons. The number of hydrogen-bond donors (Lipinski definition) is 2. The maximum Gasteiger partial charge on any atom is 0.263 e. The Bertz CT molecular complexity index is 940. The van der Waals surface area contributed by atoms with Crippen LogP contribution in [0.2, 0.25) is 0 Å². The van der Waals surface area contributed by atoms with Crippen LogP contribution in [0.15, 0.2) is 34.2 Å². The molecule has 8 nitrogen and oxygen atoms in total. The molecule has 1 amide bonds. The predicted octanol–water partition coefficient (Wildman–Crippen LogP) is 2.39. The molecule has 2 heterocycles. The summed E-state index contributed by atoms with van der Waals surface area (Å²) >= 11 is 0. The standard InChI is InChI=1S/C24H38N4O4S/c1-5-17(4)22(26-23-19-10-8-9-11-21(19)33(30,31)27-23)24(29)25-16-20(18(6-2)7-3)28-12-14-32-15-13-28/h8-11,17-18,20,22H,5-7,12-16H2,1-4H3,(H,25,29)(H,26,27)/t17-,20?,22-/m0/s1. The third-order valence-electron chi connectivity index (χ3n) is 6.98. The Hall–Kier alpha value is -1.97. The summed E-state index contributed by atoms with van der Waals surface area (Å²) in [5.41, 5.74) is 0.516. The van der Waals surface area contributed by atoms with Gasteiger partial charge in [0.25, 0.3) is 10.0 Å². The number of carbonyl (C=O) groups is 1. The highest BCUT2D eigenvalue weighted by molar-refractivity contribution is 7.90. The first kappa shape index (κ1) is 25.6. The van der Waals surface area contributed by atoms with Crippen LogP contribution in [0.1, 0.15) is 52.5 Å². The number of ether oxygens (including phenoxy) is 1. The van der Waals surface area contributed by atoms with Gasteiger partial charge in [-0.3, -0.25) is 19.4 Å². The topological polar surface area (TPSA) is 100 Å². The van der Waals surface area contributed by atoms with Crippen LogP contribution in [0, 0.1) is 11.8 Å². The van der Waals surface area contributed by atoms with Gasteiger partial charge >= 0.3 is 0 Å². The molecule has 0 bridgehead atoms. The van der Waals surface area contributed by atoms with E-state index < -0.39 is 16.1 Å². The highest BCUT2D eigenvalue weighted by Gasteiger charge is 2.34. The first-order valence-corrected chi connectivity index (χ1v) is 13.6. The van der Waals surface area contributed by atoms with Gasteiger partial charge in [-0.2, -0.15) is 0 Å². The number of morpholine rings is 1. The maximum atomic E-state index is 13.4. The fourth-order valence-electron chi connectivity index (χ4n) is 4.68. The lowest BCUT2D eigenvalue weighted by atomic mass is 9.92. The largest absolute Gasteiger partial charge is 0.379 e. The van der Waals surface area contributed by atoms with Gasteiger partial charge in [0.15, 0.2) is 0 Å². The molecule has 1 aromatic rings. The second-order valence-electron chi connectivity index (χ2n) is 8.95. The molecule has 1 unspecified atom stereocenters. The van der Waals surface area contributed by atoms with Crippen molar-refractivity contribution in [2.24, 2.45) is 16.8 Å². The fourth-order valence-corrected chi connectivity index (χ4v) is 5.92. The van der Waals surface area contributed by atoms with Crippen LogP contribution in [-0.4, -0.2) is 70.0 Å². The Morgan fingerprint density at radius 1 is 1.15 bits per heavy atom. The monoisotopic (exact) mass is 478 g/mol.